The first-order chi connectivity index (χ1) is 12.9. The molecule has 1 fully saturated rings. The third kappa shape index (κ3) is 3.82. The molecule has 1 aromatic heterocycles. The van der Waals surface area contributed by atoms with Gasteiger partial charge in [0.05, 0.1) is 12.1 Å². The molecule has 1 amide bonds. The van der Waals surface area contributed by atoms with Gasteiger partial charge in [-0.1, -0.05) is 13.0 Å². The highest BCUT2D eigenvalue weighted by atomic mass is 16.5. The predicted molar refractivity (Wildman–Crippen MR) is 101 cm³/mol. The molecule has 1 saturated heterocycles. The number of pyridine rings is 1. The average molecular weight is 372 g/mol. The van der Waals surface area contributed by atoms with Gasteiger partial charge in [0, 0.05) is 31.2 Å². The maximum atomic E-state index is 12.8. The summed E-state index contributed by atoms with van der Waals surface area (Å²) in [6, 6.07) is 5.70. The molecule has 0 radical (unpaired) electrons. The van der Waals surface area contributed by atoms with Crippen LogP contribution < -0.4 is 5.43 Å². The van der Waals surface area contributed by atoms with Crippen LogP contribution in [0.1, 0.15) is 36.2 Å². The van der Waals surface area contributed by atoms with Crippen molar-refractivity contribution in [1.29, 1.82) is 0 Å². The van der Waals surface area contributed by atoms with Gasteiger partial charge >= 0.3 is 12.1 Å². The summed E-state index contributed by atoms with van der Waals surface area (Å²) in [5, 5.41) is 9.65. The lowest BCUT2D eigenvalue weighted by atomic mass is 10.0. The Balaban J connectivity index is 2.05. The number of esters is 1. The van der Waals surface area contributed by atoms with Crippen molar-refractivity contribution >= 4 is 23.0 Å². The normalized spacial score (nSPS) is 16.7. The summed E-state index contributed by atoms with van der Waals surface area (Å²) >= 11 is 0. The molecule has 144 valence electrons. The number of aryl methyl sites for hydroxylation is 1. The molecule has 1 atom stereocenters. The molecule has 0 bridgehead atoms. The molecule has 0 saturated carbocycles. The molecule has 7 heteroatoms. The van der Waals surface area contributed by atoms with Gasteiger partial charge in [-0.25, -0.2) is 9.59 Å². The first kappa shape index (κ1) is 18.9. The van der Waals surface area contributed by atoms with E-state index < -0.39 is 12.1 Å². The van der Waals surface area contributed by atoms with Crippen molar-refractivity contribution in [2.75, 3.05) is 19.7 Å². The Bertz CT molecular complexity index is 934. The number of carbonyl (C=O) groups excluding carboxylic acids is 1. The number of amides is 1. The number of carboxylic acid groups (broad SMARTS) is 1. The van der Waals surface area contributed by atoms with Crippen molar-refractivity contribution in [3.05, 3.63) is 45.7 Å². The van der Waals surface area contributed by atoms with E-state index in [-0.39, 0.29) is 23.5 Å². The van der Waals surface area contributed by atoms with E-state index in [0.29, 0.717) is 25.0 Å². The van der Waals surface area contributed by atoms with E-state index in [0.717, 1.165) is 23.9 Å². The summed E-state index contributed by atoms with van der Waals surface area (Å²) in [5.74, 6) is -0.494. The number of hydrogen-bond donors (Lipinski definition) is 1. The van der Waals surface area contributed by atoms with Crippen LogP contribution in [0.4, 0.5) is 4.79 Å². The van der Waals surface area contributed by atoms with E-state index in [4.69, 9.17) is 9.84 Å². The molecule has 7 nitrogen and oxygen atoms in total. The van der Waals surface area contributed by atoms with Crippen LogP contribution >= 0.6 is 0 Å². The number of aromatic nitrogens is 1. The van der Waals surface area contributed by atoms with Crippen molar-refractivity contribution in [3.8, 4) is 0 Å². The van der Waals surface area contributed by atoms with Gasteiger partial charge in [0.25, 0.3) is 0 Å². The largest absolute Gasteiger partial charge is 0.465 e. The lowest BCUT2D eigenvalue weighted by molar-refractivity contribution is 0.0524. The second-order valence-corrected chi connectivity index (χ2v) is 6.83. The fraction of sp³-hybridized carbons (Fsp3) is 0.450. The second-order valence-electron chi connectivity index (χ2n) is 6.83. The van der Waals surface area contributed by atoms with E-state index >= 15 is 0 Å². The quantitative estimate of drug-likeness (QED) is 0.815. The number of carbonyl (C=O) groups is 2. The van der Waals surface area contributed by atoms with Crippen LogP contribution in [0.5, 0.6) is 0 Å². The van der Waals surface area contributed by atoms with Crippen LogP contribution in [0, 0.1) is 5.92 Å². The topological polar surface area (TPSA) is 88.8 Å². The number of likely N-dealkylation sites (tertiary alicyclic amines) is 1. The van der Waals surface area contributed by atoms with Crippen LogP contribution in [0.3, 0.4) is 0 Å². The summed E-state index contributed by atoms with van der Waals surface area (Å²) in [7, 11) is 0. The first-order valence-corrected chi connectivity index (χ1v) is 9.25. The van der Waals surface area contributed by atoms with E-state index in [9.17, 15) is 14.4 Å². The minimum Gasteiger partial charge on any atom is -0.465 e. The number of benzene rings is 1. The standard InChI is InChI=1S/C20H24N2O5/c1-3-13-5-6-17-15(9-13)18(23)16(19(24)27-4-2)12-22(17)11-14-7-8-21(10-14)20(25)26/h5-6,9,12,14H,3-4,7-8,10-11H2,1-2H3,(H,25,26). The van der Waals surface area contributed by atoms with Crippen molar-refractivity contribution < 1.29 is 19.4 Å². The van der Waals surface area contributed by atoms with Crippen LogP contribution in [0.2, 0.25) is 0 Å². The zero-order valence-electron chi connectivity index (χ0n) is 15.6. The first-order valence-electron chi connectivity index (χ1n) is 9.25. The molecular weight excluding hydrogens is 348 g/mol. The summed E-state index contributed by atoms with van der Waals surface area (Å²) in [5.41, 5.74) is 1.46. The highest BCUT2D eigenvalue weighted by Crippen LogP contribution is 2.22. The molecule has 2 heterocycles. The van der Waals surface area contributed by atoms with Crippen molar-refractivity contribution in [2.45, 2.75) is 33.2 Å². The van der Waals surface area contributed by atoms with Gasteiger partial charge in [0.2, 0.25) is 5.43 Å². The minimum atomic E-state index is -0.915. The molecule has 1 aromatic carbocycles. The lowest BCUT2D eigenvalue weighted by Crippen LogP contribution is -2.28. The average Bonchev–Trinajstić information content (AvgIpc) is 3.12. The van der Waals surface area contributed by atoms with Crippen molar-refractivity contribution in [1.82, 2.24) is 9.47 Å². The van der Waals surface area contributed by atoms with Crippen LogP contribution in [-0.2, 0) is 17.7 Å². The Hall–Kier alpha value is -2.83. The molecular formula is C20H24N2O5. The molecule has 0 spiro atoms. The molecule has 1 aliphatic heterocycles. The SMILES string of the molecule is CCOC(=O)c1cn(CC2CCN(C(=O)O)C2)c2ccc(CC)cc2c1=O. The van der Waals surface area contributed by atoms with E-state index in [1.54, 1.807) is 13.1 Å². The number of rotatable bonds is 5. The van der Waals surface area contributed by atoms with Gasteiger partial charge in [-0.2, -0.15) is 0 Å². The summed E-state index contributed by atoms with van der Waals surface area (Å²) in [6.45, 7) is 5.40. The maximum Gasteiger partial charge on any atom is 0.407 e. The Kier molecular flexibility index (Phi) is 5.48. The monoisotopic (exact) mass is 372 g/mol. The summed E-state index contributed by atoms with van der Waals surface area (Å²) < 4.78 is 6.94. The van der Waals surface area contributed by atoms with E-state index in [1.807, 2.05) is 29.7 Å². The van der Waals surface area contributed by atoms with Gasteiger partial charge in [0.1, 0.15) is 5.56 Å². The molecule has 1 unspecified atom stereocenters. The molecule has 3 rings (SSSR count). The Morgan fingerprint density at radius 3 is 2.70 bits per heavy atom. The maximum absolute atomic E-state index is 12.8. The number of hydrogen-bond acceptors (Lipinski definition) is 4. The second kappa shape index (κ2) is 7.82. The molecule has 2 aromatic rings. The number of fused-ring (bicyclic) bond motifs is 1. The predicted octanol–water partition coefficient (Wildman–Crippen LogP) is 2.74. The fourth-order valence-corrected chi connectivity index (χ4v) is 3.60. The number of nitrogens with zero attached hydrogens (tertiary/aromatic N) is 2. The Morgan fingerprint density at radius 1 is 1.30 bits per heavy atom. The zero-order valence-corrected chi connectivity index (χ0v) is 15.6. The summed E-state index contributed by atoms with van der Waals surface area (Å²) in [6.07, 6.45) is 2.18. The third-order valence-electron chi connectivity index (χ3n) is 5.06. The third-order valence-corrected chi connectivity index (χ3v) is 5.06. The smallest absolute Gasteiger partial charge is 0.407 e. The van der Waals surface area contributed by atoms with Crippen molar-refractivity contribution in [3.63, 3.8) is 0 Å². The zero-order chi connectivity index (χ0) is 19.6. The van der Waals surface area contributed by atoms with Gasteiger partial charge < -0.3 is 19.3 Å². The lowest BCUT2D eigenvalue weighted by Gasteiger charge is -2.18. The molecule has 1 aliphatic rings. The van der Waals surface area contributed by atoms with Gasteiger partial charge in [0.15, 0.2) is 0 Å². The van der Waals surface area contributed by atoms with Crippen molar-refractivity contribution in [2.24, 2.45) is 5.92 Å². The van der Waals surface area contributed by atoms with Gasteiger partial charge in [-0.05, 0) is 43.4 Å². The Morgan fingerprint density at radius 2 is 2.07 bits per heavy atom. The van der Waals surface area contributed by atoms with Gasteiger partial charge in [-0.3, -0.25) is 4.79 Å². The van der Waals surface area contributed by atoms with E-state index in [2.05, 4.69) is 0 Å². The highest BCUT2D eigenvalue weighted by molar-refractivity contribution is 5.94. The minimum absolute atomic E-state index is 0.0192. The molecule has 0 aliphatic carbocycles. The number of ether oxygens (including phenoxy) is 1. The highest BCUT2D eigenvalue weighted by Gasteiger charge is 2.27. The van der Waals surface area contributed by atoms with Crippen LogP contribution in [0.15, 0.2) is 29.2 Å². The van der Waals surface area contributed by atoms with E-state index in [1.165, 1.54) is 4.90 Å². The van der Waals surface area contributed by atoms with Gasteiger partial charge in [-0.15, -0.1) is 0 Å². The summed E-state index contributed by atoms with van der Waals surface area (Å²) in [4.78, 5) is 37.7. The molecule has 1 N–H and O–H groups in total. The fourth-order valence-electron chi connectivity index (χ4n) is 3.60. The molecule has 27 heavy (non-hydrogen) atoms. The Labute approximate surface area is 157 Å². The van der Waals surface area contributed by atoms with Crippen LogP contribution in [0.25, 0.3) is 10.9 Å². The van der Waals surface area contributed by atoms with Crippen LogP contribution in [-0.4, -0.2) is 46.3 Å².